The first-order valence-electron chi connectivity index (χ1n) is 6.89. The normalized spacial score (nSPS) is 14.6. The van der Waals surface area contributed by atoms with Gasteiger partial charge in [0.25, 0.3) is 0 Å². The van der Waals surface area contributed by atoms with Gasteiger partial charge < -0.3 is 20.4 Å². The number of carboxylic acids is 1. The number of rotatable bonds is 5. The molecule has 0 bridgehead atoms. The third-order valence-corrected chi connectivity index (χ3v) is 3.69. The van der Waals surface area contributed by atoms with Gasteiger partial charge in [0.05, 0.1) is 11.1 Å². The van der Waals surface area contributed by atoms with E-state index in [0.29, 0.717) is 17.3 Å². The van der Waals surface area contributed by atoms with E-state index in [1.54, 1.807) is 0 Å². The van der Waals surface area contributed by atoms with E-state index in [0.717, 1.165) is 30.0 Å². The van der Waals surface area contributed by atoms with Crippen molar-refractivity contribution in [3.8, 4) is 6.07 Å². The van der Waals surface area contributed by atoms with Gasteiger partial charge in [-0.05, 0) is 31.0 Å². The van der Waals surface area contributed by atoms with E-state index in [9.17, 15) is 10.1 Å². The largest absolute Gasteiger partial charge is 0.478 e. The van der Waals surface area contributed by atoms with Crippen LogP contribution in [0.25, 0.3) is 10.9 Å². The van der Waals surface area contributed by atoms with Crippen LogP contribution >= 0.6 is 0 Å². The zero-order valence-electron chi connectivity index (χ0n) is 11.7. The van der Waals surface area contributed by atoms with Crippen LogP contribution in [-0.4, -0.2) is 21.9 Å². The van der Waals surface area contributed by atoms with Crippen molar-refractivity contribution in [1.29, 1.82) is 10.7 Å². The van der Waals surface area contributed by atoms with Gasteiger partial charge in [-0.25, -0.2) is 4.79 Å². The van der Waals surface area contributed by atoms with Crippen molar-refractivity contribution in [3.05, 3.63) is 41.7 Å². The summed E-state index contributed by atoms with van der Waals surface area (Å²) in [6, 6.07) is 8.27. The average molecular weight is 294 g/mol. The van der Waals surface area contributed by atoms with Gasteiger partial charge in [0.1, 0.15) is 6.07 Å². The van der Waals surface area contributed by atoms with Gasteiger partial charge in [-0.3, -0.25) is 0 Å². The Bertz CT molecular complexity index is 838. The first kappa shape index (κ1) is 13.9. The Balaban J connectivity index is 1.98. The Morgan fingerprint density at radius 1 is 1.50 bits per heavy atom. The highest BCUT2D eigenvalue weighted by molar-refractivity contribution is 6.07. The molecule has 1 aromatic carbocycles. The molecule has 1 heterocycles. The first-order chi connectivity index (χ1) is 10.6. The molecule has 0 aliphatic heterocycles. The highest BCUT2D eigenvalue weighted by Gasteiger charge is 2.25. The van der Waals surface area contributed by atoms with Crippen molar-refractivity contribution >= 4 is 28.8 Å². The van der Waals surface area contributed by atoms with Gasteiger partial charge in [0, 0.05) is 41.2 Å². The molecule has 6 nitrogen and oxygen atoms in total. The predicted octanol–water partition coefficient (Wildman–Crippen LogP) is 2.88. The fourth-order valence-corrected chi connectivity index (χ4v) is 2.42. The molecule has 0 saturated heterocycles. The van der Waals surface area contributed by atoms with E-state index in [1.165, 1.54) is 6.20 Å². The van der Waals surface area contributed by atoms with Crippen LogP contribution < -0.4 is 5.32 Å². The molecule has 110 valence electrons. The van der Waals surface area contributed by atoms with Crippen molar-refractivity contribution in [2.24, 2.45) is 0 Å². The fraction of sp³-hybridized carbons (Fsp3) is 0.188. The Hall–Kier alpha value is -3.07. The molecule has 0 unspecified atom stereocenters. The molecule has 22 heavy (non-hydrogen) atoms. The molecule has 2 aromatic rings. The van der Waals surface area contributed by atoms with E-state index in [4.69, 9.17) is 10.5 Å². The van der Waals surface area contributed by atoms with Gasteiger partial charge in [-0.1, -0.05) is 0 Å². The van der Waals surface area contributed by atoms with Gasteiger partial charge in [0.2, 0.25) is 0 Å². The van der Waals surface area contributed by atoms with Crippen molar-refractivity contribution in [2.45, 2.75) is 18.9 Å². The highest BCUT2D eigenvalue weighted by atomic mass is 16.4. The van der Waals surface area contributed by atoms with Crippen molar-refractivity contribution in [3.63, 3.8) is 0 Å². The third kappa shape index (κ3) is 2.44. The number of benzene rings is 1. The van der Waals surface area contributed by atoms with Crippen LogP contribution in [-0.2, 0) is 4.79 Å². The summed E-state index contributed by atoms with van der Waals surface area (Å²) in [6.07, 6.45) is 6.19. The summed E-state index contributed by atoms with van der Waals surface area (Å²) in [4.78, 5) is 10.8. The van der Waals surface area contributed by atoms with Gasteiger partial charge in [-0.15, -0.1) is 0 Å². The zero-order chi connectivity index (χ0) is 15.7. The summed E-state index contributed by atoms with van der Waals surface area (Å²) in [5.41, 5.74) is 2.16. The average Bonchev–Trinajstić information content (AvgIpc) is 3.29. The minimum absolute atomic E-state index is 0.142. The minimum atomic E-state index is -1.17. The number of aromatic nitrogens is 1. The van der Waals surface area contributed by atoms with Crippen molar-refractivity contribution in [1.82, 2.24) is 4.57 Å². The standard InChI is InChI=1S/C16H14N4O2/c17-6-10(16(21)22)8-19-12-1-4-15-14(5-12)11(7-18)9-20(15)13-2-3-13/h1,4-6,8-9,13,17,19H,2-3H2,(H,21,22)/b10-8+,17-6?. The van der Waals surface area contributed by atoms with Crippen LogP contribution in [0.1, 0.15) is 24.4 Å². The van der Waals surface area contributed by atoms with Crippen molar-refractivity contribution < 1.29 is 9.90 Å². The number of carboxylic acid groups (broad SMARTS) is 1. The molecule has 6 heteroatoms. The van der Waals surface area contributed by atoms with Gasteiger partial charge in [0.15, 0.2) is 0 Å². The summed E-state index contributed by atoms with van der Waals surface area (Å²) in [7, 11) is 0. The summed E-state index contributed by atoms with van der Waals surface area (Å²) in [5, 5.41) is 28.9. The fourth-order valence-electron chi connectivity index (χ4n) is 2.42. The smallest absolute Gasteiger partial charge is 0.338 e. The van der Waals surface area contributed by atoms with Crippen molar-refractivity contribution in [2.75, 3.05) is 5.32 Å². The number of aliphatic carboxylic acids is 1. The first-order valence-corrected chi connectivity index (χ1v) is 6.89. The third-order valence-electron chi connectivity index (χ3n) is 3.69. The second-order valence-electron chi connectivity index (χ2n) is 5.22. The second kappa shape index (κ2) is 5.37. The second-order valence-corrected chi connectivity index (χ2v) is 5.22. The van der Waals surface area contributed by atoms with E-state index in [1.807, 2.05) is 24.4 Å². The Morgan fingerprint density at radius 3 is 2.86 bits per heavy atom. The Morgan fingerprint density at radius 2 is 2.27 bits per heavy atom. The quantitative estimate of drug-likeness (QED) is 0.583. The SMILES string of the molecule is N#Cc1cn(C2CC2)c2ccc(N/C=C(\C=N)C(=O)O)cc12. The highest BCUT2D eigenvalue weighted by Crippen LogP contribution is 2.39. The molecule has 3 rings (SSSR count). The van der Waals surface area contributed by atoms with Crippen LogP contribution in [0.4, 0.5) is 5.69 Å². The number of hydrogen-bond acceptors (Lipinski definition) is 4. The van der Waals surface area contributed by atoms with Gasteiger partial charge in [-0.2, -0.15) is 5.26 Å². The molecule has 0 amide bonds. The maximum absolute atomic E-state index is 10.8. The summed E-state index contributed by atoms with van der Waals surface area (Å²) in [5.74, 6) is -1.17. The number of nitrogens with one attached hydrogen (secondary N) is 2. The monoisotopic (exact) mass is 294 g/mol. The lowest BCUT2D eigenvalue weighted by Crippen LogP contribution is -2.04. The number of hydrogen-bond donors (Lipinski definition) is 3. The maximum Gasteiger partial charge on any atom is 0.338 e. The summed E-state index contributed by atoms with van der Waals surface area (Å²) in [6.45, 7) is 0. The van der Waals surface area contributed by atoms with E-state index in [2.05, 4.69) is 16.0 Å². The summed E-state index contributed by atoms with van der Waals surface area (Å²) < 4.78 is 2.13. The molecule has 1 aliphatic rings. The maximum atomic E-state index is 10.8. The van der Waals surface area contributed by atoms with Crippen LogP contribution in [0.5, 0.6) is 0 Å². The Labute approximate surface area is 126 Å². The number of anilines is 1. The van der Waals surface area contributed by atoms with E-state index in [-0.39, 0.29) is 5.57 Å². The molecule has 0 atom stereocenters. The minimum Gasteiger partial charge on any atom is -0.478 e. The topological polar surface area (TPSA) is 102 Å². The molecule has 1 saturated carbocycles. The molecule has 1 aliphatic carbocycles. The lowest BCUT2D eigenvalue weighted by Gasteiger charge is -2.05. The van der Waals surface area contributed by atoms with E-state index < -0.39 is 5.97 Å². The molecule has 1 aromatic heterocycles. The number of carbonyl (C=O) groups is 1. The van der Waals surface area contributed by atoms with Crippen LogP contribution in [0, 0.1) is 16.7 Å². The van der Waals surface area contributed by atoms with Crippen LogP contribution in [0.3, 0.4) is 0 Å². The van der Waals surface area contributed by atoms with Gasteiger partial charge >= 0.3 is 5.97 Å². The molecular weight excluding hydrogens is 280 g/mol. The number of nitrogens with zero attached hydrogens (tertiary/aromatic N) is 2. The zero-order valence-corrected chi connectivity index (χ0v) is 11.7. The lowest BCUT2D eigenvalue weighted by atomic mass is 10.1. The predicted molar refractivity (Wildman–Crippen MR) is 83.0 cm³/mol. The van der Waals surface area contributed by atoms with E-state index >= 15 is 0 Å². The number of nitriles is 1. The molecule has 0 radical (unpaired) electrons. The molecular formula is C16H14N4O2. The van der Waals surface area contributed by atoms with Crippen LogP contribution in [0.2, 0.25) is 0 Å². The lowest BCUT2D eigenvalue weighted by molar-refractivity contribution is -0.132. The molecule has 0 spiro atoms. The molecule has 1 fully saturated rings. The molecule has 3 N–H and O–H groups in total. The Kier molecular flexibility index (Phi) is 3.39. The number of fused-ring (bicyclic) bond motifs is 1. The summed E-state index contributed by atoms with van der Waals surface area (Å²) >= 11 is 0. The van der Waals surface area contributed by atoms with Crippen LogP contribution in [0.15, 0.2) is 36.2 Å².